The fourth-order valence-electron chi connectivity index (χ4n) is 4.09. The molecule has 4 amide bonds. The molecule has 0 saturated carbocycles. The predicted molar refractivity (Wildman–Crippen MR) is 159 cm³/mol. The summed E-state index contributed by atoms with van der Waals surface area (Å²) in [7, 11) is -0.0822. The van der Waals surface area contributed by atoms with Crippen molar-refractivity contribution in [3.63, 3.8) is 0 Å². The summed E-state index contributed by atoms with van der Waals surface area (Å²) in [4.78, 5) is 52.7. The van der Waals surface area contributed by atoms with Gasteiger partial charge in [-0.25, -0.2) is 8.42 Å². The van der Waals surface area contributed by atoms with E-state index < -0.39 is 58.1 Å². The zero-order valence-corrected chi connectivity index (χ0v) is 25.2. The molecule has 230 valence electrons. The molecule has 0 aliphatic carbocycles. The lowest BCUT2D eigenvalue weighted by molar-refractivity contribution is -0.139. The van der Waals surface area contributed by atoms with Crippen molar-refractivity contribution in [2.24, 2.45) is 0 Å². The first-order valence-electron chi connectivity index (χ1n) is 13.6. The highest BCUT2D eigenvalue weighted by Gasteiger charge is 2.28. The van der Waals surface area contributed by atoms with Gasteiger partial charge in [0.25, 0.3) is 0 Å². The standard InChI is InChI=1S/C29H41N5O7S/c1-20(33-28(38)24(30-2)17-22-11-13-23(35)14-12-22)27(37)32-19-26(36)34(3)25(18-21-9-6-5-7-10-21)29(39)31-15-8-16-42(4,40)41/h5-7,9-14,20,24-25,30,35H,8,15-19H2,1-4H3,(H,31,39)(H,32,37)(H,33,38)/t20-,24+,25+/m1/s1. The van der Waals surface area contributed by atoms with Crippen LogP contribution in [0.25, 0.3) is 0 Å². The molecule has 42 heavy (non-hydrogen) atoms. The summed E-state index contributed by atoms with van der Waals surface area (Å²) in [5.74, 6) is -1.90. The van der Waals surface area contributed by atoms with Gasteiger partial charge in [0.2, 0.25) is 23.6 Å². The molecule has 0 heterocycles. The minimum atomic E-state index is -3.17. The first-order valence-corrected chi connectivity index (χ1v) is 15.6. The predicted octanol–water partition coefficient (Wildman–Crippen LogP) is -0.236. The Balaban J connectivity index is 1.95. The van der Waals surface area contributed by atoms with Gasteiger partial charge in [-0.1, -0.05) is 42.5 Å². The quantitative estimate of drug-likeness (QED) is 0.164. The average molecular weight is 604 g/mol. The van der Waals surface area contributed by atoms with Gasteiger partial charge in [-0.2, -0.15) is 0 Å². The Morgan fingerprint density at radius 2 is 1.50 bits per heavy atom. The van der Waals surface area contributed by atoms with E-state index in [2.05, 4.69) is 21.3 Å². The van der Waals surface area contributed by atoms with Crippen LogP contribution in [0, 0.1) is 0 Å². The fraction of sp³-hybridized carbons (Fsp3) is 0.448. The number of hydrogen-bond donors (Lipinski definition) is 5. The number of amides is 4. The molecule has 0 spiro atoms. The number of nitrogens with one attached hydrogen (secondary N) is 4. The molecule has 2 rings (SSSR count). The van der Waals surface area contributed by atoms with Gasteiger partial charge < -0.3 is 31.3 Å². The van der Waals surface area contributed by atoms with E-state index in [0.717, 1.165) is 17.4 Å². The van der Waals surface area contributed by atoms with Crippen molar-refractivity contribution < 1.29 is 32.7 Å². The average Bonchev–Trinajstić information content (AvgIpc) is 2.95. The molecule has 5 N–H and O–H groups in total. The van der Waals surface area contributed by atoms with Crippen LogP contribution >= 0.6 is 0 Å². The van der Waals surface area contributed by atoms with Gasteiger partial charge in [0, 0.05) is 26.3 Å². The molecular weight excluding hydrogens is 562 g/mol. The molecule has 2 aromatic carbocycles. The summed E-state index contributed by atoms with van der Waals surface area (Å²) in [5.41, 5.74) is 1.64. The van der Waals surface area contributed by atoms with E-state index in [1.54, 1.807) is 19.2 Å². The van der Waals surface area contributed by atoms with E-state index in [4.69, 9.17) is 0 Å². The molecule has 0 aliphatic heterocycles. The second-order valence-electron chi connectivity index (χ2n) is 10.1. The summed E-state index contributed by atoms with van der Waals surface area (Å²) in [6, 6.07) is 13.1. The Bertz CT molecular complexity index is 1300. The lowest BCUT2D eigenvalue weighted by atomic mass is 10.0. The van der Waals surface area contributed by atoms with Crippen molar-refractivity contribution in [3.8, 4) is 5.75 Å². The van der Waals surface area contributed by atoms with E-state index in [0.29, 0.717) is 6.42 Å². The van der Waals surface area contributed by atoms with Gasteiger partial charge >= 0.3 is 0 Å². The summed E-state index contributed by atoms with van der Waals surface area (Å²) >= 11 is 0. The normalized spacial score (nSPS) is 13.3. The van der Waals surface area contributed by atoms with Crippen LogP contribution in [-0.2, 0) is 41.9 Å². The van der Waals surface area contributed by atoms with E-state index in [-0.39, 0.29) is 30.9 Å². The molecule has 12 nitrogen and oxygen atoms in total. The van der Waals surface area contributed by atoms with Crippen molar-refractivity contribution in [1.82, 2.24) is 26.2 Å². The van der Waals surface area contributed by atoms with E-state index in [1.165, 1.54) is 31.0 Å². The van der Waals surface area contributed by atoms with Crippen molar-refractivity contribution in [3.05, 3.63) is 65.7 Å². The van der Waals surface area contributed by atoms with Gasteiger partial charge in [0.1, 0.15) is 27.7 Å². The number of benzene rings is 2. The Hall–Kier alpha value is -3.97. The van der Waals surface area contributed by atoms with Crippen LogP contribution in [0.2, 0.25) is 0 Å². The second kappa shape index (κ2) is 16.5. The number of sulfone groups is 1. The highest BCUT2D eigenvalue weighted by molar-refractivity contribution is 7.90. The Morgan fingerprint density at radius 1 is 0.881 bits per heavy atom. The number of rotatable bonds is 16. The summed E-state index contributed by atoms with van der Waals surface area (Å²) < 4.78 is 22.8. The van der Waals surface area contributed by atoms with Crippen LogP contribution in [-0.4, -0.2) is 99.4 Å². The molecular formula is C29H41N5O7S. The number of carbonyl (C=O) groups excluding carboxylic acids is 4. The third kappa shape index (κ3) is 11.9. The number of hydrogen-bond acceptors (Lipinski definition) is 8. The number of likely N-dealkylation sites (N-methyl/N-ethyl adjacent to an activating group) is 2. The number of phenolic OH excluding ortho intramolecular Hbond substituents is 1. The minimum Gasteiger partial charge on any atom is -0.508 e. The van der Waals surface area contributed by atoms with Crippen LogP contribution < -0.4 is 21.3 Å². The summed E-state index contributed by atoms with van der Waals surface area (Å²) in [5, 5.41) is 20.2. The van der Waals surface area contributed by atoms with E-state index in [1.807, 2.05) is 30.3 Å². The van der Waals surface area contributed by atoms with E-state index in [9.17, 15) is 32.7 Å². The number of carbonyl (C=O) groups is 4. The Labute approximate surface area is 247 Å². The van der Waals surface area contributed by atoms with Crippen molar-refractivity contribution in [1.29, 1.82) is 0 Å². The summed E-state index contributed by atoms with van der Waals surface area (Å²) in [6.45, 7) is 1.23. The molecule has 0 radical (unpaired) electrons. The topological polar surface area (TPSA) is 174 Å². The Kier molecular flexibility index (Phi) is 13.4. The van der Waals surface area contributed by atoms with Crippen LogP contribution in [0.1, 0.15) is 24.5 Å². The zero-order chi connectivity index (χ0) is 31.3. The smallest absolute Gasteiger partial charge is 0.243 e. The monoisotopic (exact) mass is 603 g/mol. The van der Waals surface area contributed by atoms with Crippen LogP contribution in [0.3, 0.4) is 0 Å². The lowest BCUT2D eigenvalue weighted by Crippen LogP contribution is -2.54. The maximum Gasteiger partial charge on any atom is 0.243 e. The van der Waals surface area contributed by atoms with Gasteiger partial charge in [0.05, 0.1) is 18.3 Å². The molecule has 3 atom stereocenters. The molecule has 0 unspecified atom stereocenters. The first-order chi connectivity index (χ1) is 19.8. The van der Waals surface area contributed by atoms with Crippen LogP contribution in [0.15, 0.2) is 54.6 Å². The molecule has 0 aliphatic rings. The number of nitrogens with zero attached hydrogens (tertiary/aromatic N) is 1. The third-order valence-corrected chi connectivity index (χ3v) is 7.66. The van der Waals surface area contributed by atoms with E-state index >= 15 is 0 Å². The highest BCUT2D eigenvalue weighted by Crippen LogP contribution is 2.12. The maximum atomic E-state index is 13.0. The summed E-state index contributed by atoms with van der Waals surface area (Å²) in [6.07, 6.45) is 1.91. The molecule has 0 bridgehead atoms. The molecule has 2 aromatic rings. The minimum absolute atomic E-state index is 0.0714. The van der Waals surface area contributed by atoms with Gasteiger partial charge in [-0.3, -0.25) is 19.2 Å². The third-order valence-electron chi connectivity index (χ3n) is 6.63. The molecule has 0 fully saturated rings. The first kappa shape index (κ1) is 34.2. The fourth-order valence-corrected chi connectivity index (χ4v) is 4.76. The van der Waals surface area contributed by atoms with Crippen molar-refractivity contribution in [2.45, 2.75) is 44.3 Å². The highest BCUT2D eigenvalue weighted by atomic mass is 32.2. The maximum absolute atomic E-state index is 13.0. The van der Waals surface area contributed by atoms with Crippen LogP contribution in [0.4, 0.5) is 0 Å². The van der Waals surface area contributed by atoms with Gasteiger partial charge in [-0.15, -0.1) is 0 Å². The van der Waals surface area contributed by atoms with Gasteiger partial charge in [-0.05, 0) is 50.1 Å². The largest absolute Gasteiger partial charge is 0.508 e. The van der Waals surface area contributed by atoms with Gasteiger partial charge in [0.15, 0.2) is 0 Å². The van der Waals surface area contributed by atoms with Crippen LogP contribution in [0.5, 0.6) is 5.75 Å². The molecule has 0 saturated heterocycles. The lowest BCUT2D eigenvalue weighted by Gasteiger charge is -2.28. The van der Waals surface area contributed by atoms with Crippen molar-refractivity contribution in [2.75, 3.05) is 39.2 Å². The zero-order valence-electron chi connectivity index (χ0n) is 24.4. The SMILES string of the molecule is CN[C@@H](Cc1ccc(O)cc1)C(=O)N[C@H](C)C(=O)NCC(=O)N(C)[C@@H](Cc1ccccc1)C(=O)NCCCS(C)(=O)=O. The number of phenols is 1. The Morgan fingerprint density at radius 3 is 2.10 bits per heavy atom. The molecule has 13 heteroatoms. The van der Waals surface area contributed by atoms with Crippen molar-refractivity contribution >= 4 is 33.5 Å². The number of aromatic hydroxyl groups is 1. The second-order valence-corrected chi connectivity index (χ2v) is 12.4. The molecule has 0 aromatic heterocycles.